The summed E-state index contributed by atoms with van der Waals surface area (Å²) in [6, 6.07) is 2.90. The van der Waals surface area contributed by atoms with E-state index in [1.54, 1.807) is 6.07 Å². The maximum Gasteiger partial charge on any atom is 0.306 e. The highest BCUT2D eigenvalue weighted by atomic mass is 32.2. The second-order valence-electron chi connectivity index (χ2n) is 3.48. The quantitative estimate of drug-likeness (QED) is 0.353. The van der Waals surface area contributed by atoms with Gasteiger partial charge in [0.15, 0.2) is 5.52 Å². The highest BCUT2D eigenvalue weighted by Gasteiger charge is 2.19. The van der Waals surface area contributed by atoms with Crippen LogP contribution in [0, 0.1) is 10.1 Å². The second-order valence-corrected chi connectivity index (χ2v) is 4.61. The van der Waals surface area contributed by atoms with Gasteiger partial charge in [-0.05, 0) is 16.4 Å². The lowest BCUT2D eigenvalue weighted by molar-refractivity contribution is -0.383. The Morgan fingerprint density at radius 3 is 2.89 bits per heavy atom. The molecule has 1 aromatic carbocycles. The van der Waals surface area contributed by atoms with Crippen LogP contribution in [-0.2, 0) is 9.53 Å². The summed E-state index contributed by atoms with van der Waals surface area (Å²) in [6.07, 6.45) is 0.241. The number of carbonyl (C=O) groups excluding carboxylic acids is 1. The topological polar surface area (TPSA) is 108 Å². The third-order valence-corrected chi connectivity index (χ3v) is 3.39. The van der Waals surface area contributed by atoms with Crippen molar-refractivity contribution in [3.05, 3.63) is 22.2 Å². The number of carbonyl (C=O) groups is 1. The molecule has 100 valence electrons. The Morgan fingerprint density at radius 2 is 2.21 bits per heavy atom. The zero-order chi connectivity index (χ0) is 13.8. The number of hydrogen-bond acceptors (Lipinski definition) is 8. The van der Waals surface area contributed by atoms with Crippen LogP contribution < -0.4 is 0 Å². The highest BCUT2D eigenvalue weighted by Crippen LogP contribution is 2.31. The first-order chi connectivity index (χ1) is 9.13. The highest BCUT2D eigenvalue weighted by molar-refractivity contribution is 7.99. The van der Waals surface area contributed by atoms with E-state index in [1.165, 1.54) is 24.9 Å². The van der Waals surface area contributed by atoms with Crippen molar-refractivity contribution < 1.29 is 19.1 Å². The number of esters is 1. The molecular formula is C10H9N3O5S. The molecule has 0 fully saturated rings. The summed E-state index contributed by atoms with van der Waals surface area (Å²) in [5, 5.41) is 18.0. The van der Waals surface area contributed by atoms with E-state index >= 15 is 0 Å². The standard InChI is InChI=1S/C10H9N3O5S/c1-17-8(14)4-5-19-7-3-2-6(13(15)16)9-10(7)12-18-11-9/h2-3H,4-5H2,1H3. The van der Waals surface area contributed by atoms with Gasteiger partial charge in [0.2, 0.25) is 5.52 Å². The molecule has 0 radical (unpaired) electrons. The molecule has 0 saturated carbocycles. The zero-order valence-electron chi connectivity index (χ0n) is 9.86. The molecule has 0 aliphatic rings. The molecule has 0 N–H and O–H groups in total. The van der Waals surface area contributed by atoms with Crippen LogP contribution in [0.25, 0.3) is 11.0 Å². The number of fused-ring (bicyclic) bond motifs is 1. The fourth-order valence-electron chi connectivity index (χ4n) is 1.44. The molecule has 2 aromatic rings. The smallest absolute Gasteiger partial charge is 0.306 e. The van der Waals surface area contributed by atoms with Gasteiger partial charge in [0.1, 0.15) is 0 Å². The maximum absolute atomic E-state index is 11.0. The number of methoxy groups -OCH3 is 1. The number of hydrogen-bond donors (Lipinski definition) is 0. The fourth-order valence-corrected chi connectivity index (χ4v) is 2.36. The van der Waals surface area contributed by atoms with Gasteiger partial charge in [-0.15, -0.1) is 11.8 Å². The van der Waals surface area contributed by atoms with Gasteiger partial charge in [-0.25, -0.2) is 4.63 Å². The largest absolute Gasteiger partial charge is 0.469 e. The number of ether oxygens (including phenoxy) is 1. The normalized spacial score (nSPS) is 10.6. The fraction of sp³-hybridized carbons (Fsp3) is 0.300. The van der Waals surface area contributed by atoms with Gasteiger partial charge >= 0.3 is 11.7 Å². The molecule has 8 nitrogen and oxygen atoms in total. The summed E-state index contributed by atoms with van der Waals surface area (Å²) < 4.78 is 9.06. The van der Waals surface area contributed by atoms with Crippen molar-refractivity contribution in [3.8, 4) is 0 Å². The number of rotatable bonds is 5. The number of nitro benzene ring substituents is 1. The molecule has 19 heavy (non-hydrogen) atoms. The van der Waals surface area contributed by atoms with E-state index in [1.807, 2.05) is 0 Å². The molecular weight excluding hydrogens is 274 g/mol. The molecule has 0 spiro atoms. The number of benzene rings is 1. The predicted molar refractivity (Wildman–Crippen MR) is 65.8 cm³/mol. The maximum atomic E-state index is 11.0. The monoisotopic (exact) mass is 283 g/mol. The van der Waals surface area contributed by atoms with Crippen molar-refractivity contribution in [3.63, 3.8) is 0 Å². The van der Waals surface area contributed by atoms with E-state index < -0.39 is 4.92 Å². The van der Waals surface area contributed by atoms with Crippen LogP contribution in [0.5, 0.6) is 0 Å². The Kier molecular flexibility index (Phi) is 3.95. The van der Waals surface area contributed by atoms with Crippen LogP contribution in [0.2, 0.25) is 0 Å². The molecule has 0 bridgehead atoms. The van der Waals surface area contributed by atoms with Crippen LogP contribution >= 0.6 is 11.8 Å². The average Bonchev–Trinajstić information content (AvgIpc) is 2.87. The number of nitro groups is 1. The van der Waals surface area contributed by atoms with Gasteiger partial charge in [0.05, 0.1) is 18.5 Å². The Balaban J connectivity index is 2.21. The number of nitrogens with zero attached hydrogens (tertiary/aromatic N) is 3. The Bertz CT molecular complexity index is 627. The van der Waals surface area contributed by atoms with Crippen LogP contribution in [-0.4, -0.2) is 34.1 Å². The number of aromatic nitrogens is 2. The van der Waals surface area contributed by atoms with Gasteiger partial charge in [0.25, 0.3) is 0 Å². The van der Waals surface area contributed by atoms with Gasteiger partial charge in [-0.2, -0.15) is 0 Å². The van der Waals surface area contributed by atoms with Gasteiger partial charge in [-0.3, -0.25) is 14.9 Å². The lowest BCUT2D eigenvalue weighted by atomic mass is 10.3. The Hall–Kier alpha value is -2.16. The summed E-state index contributed by atoms with van der Waals surface area (Å²) in [7, 11) is 1.32. The van der Waals surface area contributed by atoms with E-state index in [0.717, 1.165) is 0 Å². The third-order valence-electron chi connectivity index (χ3n) is 2.35. The number of non-ortho nitro benzene ring substituents is 1. The zero-order valence-corrected chi connectivity index (χ0v) is 10.7. The first-order valence-corrected chi connectivity index (χ1v) is 6.21. The Morgan fingerprint density at radius 1 is 1.47 bits per heavy atom. The first kappa shape index (κ1) is 13.3. The second kappa shape index (κ2) is 5.65. The van der Waals surface area contributed by atoms with E-state index in [2.05, 4.69) is 19.7 Å². The molecule has 0 saturated heterocycles. The van der Waals surface area contributed by atoms with E-state index in [-0.39, 0.29) is 23.6 Å². The Labute approximate surface area is 111 Å². The minimum Gasteiger partial charge on any atom is -0.469 e. The molecule has 0 amide bonds. The van der Waals surface area contributed by atoms with Crippen molar-refractivity contribution in [2.45, 2.75) is 11.3 Å². The average molecular weight is 283 g/mol. The van der Waals surface area contributed by atoms with Crippen molar-refractivity contribution >= 4 is 34.5 Å². The van der Waals surface area contributed by atoms with Crippen molar-refractivity contribution in [2.75, 3.05) is 12.9 Å². The summed E-state index contributed by atoms with van der Waals surface area (Å²) in [5.41, 5.74) is 0.269. The molecule has 2 rings (SSSR count). The molecule has 1 heterocycles. The summed E-state index contributed by atoms with van der Waals surface area (Å²) in [5.74, 6) is 0.163. The van der Waals surface area contributed by atoms with Crippen LogP contribution in [0.4, 0.5) is 5.69 Å². The SMILES string of the molecule is COC(=O)CCSc1ccc([N+](=O)[O-])c2nonc12. The summed E-state index contributed by atoms with van der Waals surface area (Å²) in [4.78, 5) is 21.9. The van der Waals surface area contributed by atoms with E-state index in [9.17, 15) is 14.9 Å². The molecule has 0 aliphatic carbocycles. The summed E-state index contributed by atoms with van der Waals surface area (Å²) in [6.45, 7) is 0. The molecule has 9 heteroatoms. The summed E-state index contributed by atoms with van der Waals surface area (Å²) >= 11 is 1.33. The van der Waals surface area contributed by atoms with Crippen molar-refractivity contribution in [1.29, 1.82) is 0 Å². The first-order valence-electron chi connectivity index (χ1n) is 5.22. The minimum absolute atomic E-state index is 0.105. The third kappa shape index (κ3) is 2.81. The van der Waals surface area contributed by atoms with Crippen molar-refractivity contribution in [2.24, 2.45) is 0 Å². The number of thioether (sulfide) groups is 1. The lowest BCUT2D eigenvalue weighted by Gasteiger charge is -2.01. The van der Waals surface area contributed by atoms with E-state index in [0.29, 0.717) is 16.2 Å². The minimum atomic E-state index is -0.546. The van der Waals surface area contributed by atoms with Gasteiger partial charge in [0, 0.05) is 16.7 Å². The van der Waals surface area contributed by atoms with Gasteiger partial charge in [-0.1, -0.05) is 0 Å². The molecule has 1 aromatic heterocycles. The van der Waals surface area contributed by atoms with Gasteiger partial charge < -0.3 is 4.74 Å². The van der Waals surface area contributed by atoms with Crippen molar-refractivity contribution in [1.82, 2.24) is 10.3 Å². The lowest BCUT2D eigenvalue weighted by Crippen LogP contribution is -2.01. The molecule has 0 atom stereocenters. The van der Waals surface area contributed by atoms with Crippen LogP contribution in [0.3, 0.4) is 0 Å². The predicted octanol–water partition coefficient (Wildman–Crippen LogP) is 1.79. The van der Waals surface area contributed by atoms with Crippen LogP contribution in [0.15, 0.2) is 21.7 Å². The molecule has 0 aliphatic heterocycles. The molecule has 0 unspecified atom stereocenters. The van der Waals surface area contributed by atoms with Crippen LogP contribution in [0.1, 0.15) is 6.42 Å². The van der Waals surface area contributed by atoms with E-state index in [4.69, 9.17) is 0 Å².